The Hall–Kier alpha value is -3.86. The molecule has 0 aliphatic carbocycles. The first-order valence-corrected chi connectivity index (χ1v) is 10.6. The van der Waals surface area contributed by atoms with Crippen LogP contribution in [0.4, 0.5) is 0 Å². The molecule has 0 amide bonds. The largest absolute Gasteiger partial charge is 0.488 e. The molecule has 0 aliphatic rings. The lowest BCUT2D eigenvalue weighted by Crippen LogP contribution is -2.06. The van der Waals surface area contributed by atoms with Crippen molar-refractivity contribution in [1.29, 1.82) is 0 Å². The molecular weight excluding hydrogens is 402 g/mol. The predicted molar refractivity (Wildman–Crippen MR) is 124 cm³/mol. The summed E-state index contributed by atoms with van der Waals surface area (Å²) in [5.74, 6) is 0.353. The quantitative estimate of drug-likeness (QED) is 0.277. The van der Waals surface area contributed by atoms with Gasteiger partial charge in [0.25, 0.3) is 0 Å². The van der Waals surface area contributed by atoms with Crippen LogP contribution in [0.25, 0.3) is 16.6 Å². The average molecular weight is 428 g/mol. The molecule has 162 valence electrons. The Morgan fingerprint density at radius 3 is 2.34 bits per heavy atom. The number of carbonyl (C=O) groups excluding carboxylic acids is 2. The highest BCUT2D eigenvalue weighted by Crippen LogP contribution is 2.37. The van der Waals surface area contributed by atoms with Gasteiger partial charge in [0, 0.05) is 11.8 Å². The molecule has 0 atom stereocenters. The zero-order valence-corrected chi connectivity index (χ0v) is 18.4. The van der Waals surface area contributed by atoms with Gasteiger partial charge >= 0.3 is 5.97 Å². The van der Waals surface area contributed by atoms with Crippen LogP contribution in [0.2, 0.25) is 0 Å². The van der Waals surface area contributed by atoms with Crippen LogP contribution >= 0.6 is 0 Å². The fourth-order valence-corrected chi connectivity index (χ4v) is 4.10. The van der Waals surface area contributed by atoms with E-state index in [-0.39, 0.29) is 6.61 Å². The minimum atomic E-state index is -0.445. The number of esters is 1. The summed E-state index contributed by atoms with van der Waals surface area (Å²) in [6.45, 7) is 6.42. The lowest BCUT2D eigenvalue weighted by Gasteiger charge is -2.15. The van der Waals surface area contributed by atoms with Crippen molar-refractivity contribution in [3.63, 3.8) is 0 Å². The summed E-state index contributed by atoms with van der Waals surface area (Å²) in [5.41, 5.74) is 5.75. The fraction of sp³-hybridized carbons (Fsp3) is 0.185. The number of fused-ring (bicyclic) bond motifs is 1. The molecule has 5 nitrogen and oxygen atoms in total. The third-order valence-electron chi connectivity index (χ3n) is 5.45. The van der Waals surface area contributed by atoms with E-state index in [9.17, 15) is 9.59 Å². The molecule has 2 aromatic heterocycles. The van der Waals surface area contributed by atoms with E-state index >= 15 is 0 Å². The summed E-state index contributed by atoms with van der Waals surface area (Å²) in [6, 6.07) is 19.4. The number of ether oxygens (including phenoxy) is 2. The SMILES string of the molecule is CCOC(=O)c1c(-c2cc(C)c(OCc3ccccc3)c(C)c2)c(C=O)n2ccccc12. The van der Waals surface area contributed by atoms with E-state index in [1.54, 1.807) is 17.5 Å². The lowest BCUT2D eigenvalue weighted by atomic mass is 9.96. The number of hydrogen-bond donors (Lipinski definition) is 0. The molecule has 0 spiro atoms. The highest BCUT2D eigenvalue weighted by atomic mass is 16.5. The first-order valence-electron chi connectivity index (χ1n) is 10.6. The molecule has 0 N–H and O–H groups in total. The van der Waals surface area contributed by atoms with Crippen molar-refractivity contribution in [3.05, 3.63) is 94.8 Å². The second-order valence-corrected chi connectivity index (χ2v) is 7.64. The van der Waals surface area contributed by atoms with Crippen LogP contribution < -0.4 is 4.74 Å². The molecule has 2 aromatic carbocycles. The molecule has 0 radical (unpaired) electrons. The van der Waals surface area contributed by atoms with Crippen LogP contribution in [-0.4, -0.2) is 23.3 Å². The Balaban J connectivity index is 1.83. The monoisotopic (exact) mass is 427 g/mol. The van der Waals surface area contributed by atoms with Gasteiger partial charge in [-0.25, -0.2) is 4.79 Å². The van der Waals surface area contributed by atoms with E-state index in [4.69, 9.17) is 9.47 Å². The molecule has 0 saturated heterocycles. The Morgan fingerprint density at radius 1 is 1.00 bits per heavy atom. The van der Waals surface area contributed by atoms with E-state index in [0.29, 0.717) is 28.9 Å². The zero-order chi connectivity index (χ0) is 22.7. The van der Waals surface area contributed by atoms with E-state index in [1.165, 1.54) is 0 Å². The number of nitrogens with zero attached hydrogens (tertiary/aromatic N) is 1. The van der Waals surface area contributed by atoms with Crippen molar-refractivity contribution in [2.24, 2.45) is 0 Å². The third-order valence-corrected chi connectivity index (χ3v) is 5.45. The van der Waals surface area contributed by atoms with Crippen LogP contribution in [0, 0.1) is 13.8 Å². The van der Waals surface area contributed by atoms with Crippen molar-refractivity contribution >= 4 is 17.8 Å². The molecule has 0 fully saturated rings. The fourth-order valence-electron chi connectivity index (χ4n) is 4.10. The maximum atomic E-state index is 12.9. The Kier molecular flexibility index (Phi) is 6.08. The number of rotatable bonds is 7. The van der Waals surface area contributed by atoms with Crippen LogP contribution in [-0.2, 0) is 11.3 Å². The molecule has 0 saturated carbocycles. The smallest absolute Gasteiger partial charge is 0.340 e. The molecule has 0 aliphatic heterocycles. The van der Waals surface area contributed by atoms with Crippen molar-refractivity contribution in [1.82, 2.24) is 4.40 Å². The van der Waals surface area contributed by atoms with E-state index < -0.39 is 5.97 Å². The van der Waals surface area contributed by atoms with Gasteiger partial charge in [0.1, 0.15) is 12.4 Å². The normalized spacial score (nSPS) is 10.8. The highest BCUT2D eigenvalue weighted by molar-refractivity contribution is 6.09. The maximum Gasteiger partial charge on any atom is 0.340 e. The third kappa shape index (κ3) is 3.89. The van der Waals surface area contributed by atoms with Crippen LogP contribution in [0.3, 0.4) is 0 Å². The molecule has 2 heterocycles. The molecule has 4 aromatic rings. The molecule has 5 heteroatoms. The number of pyridine rings is 1. The minimum absolute atomic E-state index is 0.253. The Bertz CT molecular complexity index is 1270. The Morgan fingerprint density at radius 2 is 1.69 bits per heavy atom. The first kappa shape index (κ1) is 21.4. The summed E-state index contributed by atoms with van der Waals surface area (Å²) in [5, 5.41) is 0. The summed E-state index contributed by atoms with van der Waals surface area (Å²) >= 11 is 0. The standard InChI is InChI=1S/C27H25NO4/c1-4-31-27(30)25-22-12-8-9-13-28(22)23(16-29)24(25)21-14-18(2)26(19(3)15-21)32-17-20-10-6-5-7-11-20/h5-16H,4,17H2,1-3H3. The lowest BCUT2D eigenvalue weighted by molar-refractivity contribution is 0.0529. The predicted octanol–water partition coefficient (Wildman–Crippen LogP) is 5.79. The second-order valence-electron chi connectivity index (χ2n) is 7.64. The van der Waals surface area contributed by atoms with Gasteiger partial charge in [-0.3, -0.25) is 4.79 Å². The van der Waals surface area contributed by atoms with Gasteiger partial charge in [-0.1, -0.05) is 36.4 Å². The molecule has 32 heavy (non-hydrogen) atoms. The number of benzene rings is 2. The van der Waals surface area contributed by atoms with Gasteiger partial charge in [-0.2, -0.15) is 0 Å². The maximum absolute atomic E-state index is 12.9. The number of hydrogen-bond acceptors (Lipinski definition) is 4. The first-order chi connectivity index (χ1) is 15.5. The summed E-state index contributed by atoms with van der Waals surface area (Å²) in [4.78, 5) is 25.0. The van der Waals surface area contributed by atoms with Crippen LogP contribution in [0.5, 0.6) is 5.75 Å². The van der Waals surface area contributed by atoms with Gasteiger partial charge < -0.3 is 13.9 Å². The van der Waals surface area contributed by atoms with Gasteiger partial charge in [0.05, 0.1) is 23.4 Å². The number of aromatic nitrogens is 1. The number of aldehydes is 1. The van der Waals surface area contributed by atoms with Crippen LogP contribution in [0.1, 0.15) is 44.5 Å². The molecule has 0 bridgehead atoms. The van der Waals surface area contributed by atoms with Gasteiger partial charge in [0.2, 0.25) is 0 Å². The molecule has 4 rings (SSSR count). The molecular formula is C27H25NO4. The van der Waals surface area contributed by atoms with Gasteiger partial charge in [-0.05, 0) is 67.3 Å². The Labute approximate surface area is 187 Å². The van der Waals surface area contributed by atoms with Crippen molar-refractivity contribution in [3.8, 4) is 16.9 Å². The average Bonchev–Trinajstić information content (AvgIpc) is 3.14. The molecule has 0 unspecified atom stereocenters. The van der Waals surface area contributed by atoms with E-state index in [0.717, 1.165) is 34.3 Å². The summed E-state index contributed by atoms with van der Waals surface area (Å²) in [6.07, 6.45) is 2.57. The van der Waals surface area contributed by atoms with Crippen molar-refractivity contribution < 1.29 is 19.1 Å². The minimum Gasteiger partial charge on any atom is -0.488 e. The highest BCUT2D eigenvalue weighted by Gasteiger charge is 2.26. The second kappa shape index (κ2) is 9.10. The van der Waals surface area contributed by atoms with Crippen molar-refractivity contribution in [2.45, 2.75) is 27.4 Å². The zero-order valence-electron chi connectivity index (χ0n) is 18.4. The number of carbonyl (C=O) groups is 2. The summed E-state index contributed by atoms with van der Waals surface area (Å²) < 4.78 is 13.2. The van der Waals surface area contributed by atoms with Crippen molar-refractivity contribution in [2.75, 3.05) is 6.61 Å². The topological polar surface area (TPSA) is 57.0 Å². The van der Waals surface area contributed by atoms with E-state index in [2.05, 4.69) is 0 Å². The number of aryl methyl sites for hydroxylation is 2. The van der Waals surface area contributed by atoms with Gasteiger partial charge in [0.15, 0.2) is 6.29 Å². The van der Waals surface area contributed by atoms with E-state index in [1.807, 2.05) is 74.5 Å². The van der Waals surface area contributed by atoms with Gasteiger partial charge in [-0.15, -0.1) is 0 Å². The summed E-state index contributed by atoms with van der Waals surface area (Å²) in [7, 11) is 0. The van der Waals surface area contributed by atoms with Crippen LogP contribution in [0.15, 0.2) is 66.9 Å².